The van der Waals surface area contributed by atoms with Gasteiger partial charge in [0.05, 0.1) is 35.4 Å². The topological polar surface area (TPSA) is 134 Å². The van der Waals surface area contributed by atoms with Gasteiger partial charge in [0.25, 0.3) is 10.0 Å². The molecule has 2 N–H and O–H groups in total. The molecule has 0 radical (unpaired) electrons. The number of anilines is 1. The second kappa shape index (κ2) is 9.74. The first kappa shape index (κ1) is 25.7. The molecular weight excluding hydrogens is 514 g/mol. The summed E-state index contributed by atoms with van der Waals surface area (Å²) in [5, 5.41) is 22.8. The van der Waals surface area contributed by atoms with Crippen LogP contribution in [-0.2, 0) is 10.0 Å². The standard InChI is InChI=1S/C26H24F2N6O3S/c1-16-4-6-19(7-5-16)38(36,37)34-15-21(20-11-17(27)13-31-25(20)34)23-30-14-22(28)24(33-23)32-18-3-2-8-26(35,12-18)9-10-29/h4-7,11,13-15,18,35H,2-3,8-9,12H2,1H3,(H,30,32,33). The number of aromatic nitrogens is 4. The molecule has 1 aromatic carbocycles. The van der Waals surface area contributed by atoms with E-state index < -0.39 is 27.3 Å². The van der Waals surface area contributed by atoms with Gasteiger partial charge in [0, 0.05) is 23.2 Å². The van der Waals surface area contributed by atoms with E-state index in [4.69, 9.17) is 5.26 Å². The molecule has 5 rings (SSSR count). The SMILES string of the molecule is Cc1ccc(S(=O)(=O)n2cc(-c3ncc(F)c(NC4CCCC(O)(CC#N)C4)n3)c3cc(F)cnc32)cc1. The summed E-state index contributed by atoms with van der Waals surface area (Å²) in [6.45, 7) is 1.83. The van der Waals surface area contributed by atoms with Gasteiger partial charge in [0.15, 0.2) is 23.1 Å². The molecule has 0 saturated heterocycles. The molecule has 1 aliphatic carbocycles. The Morgan fingerprint density at radius 1 is 1.24 bits per heavy atom. The van der Waals surface area contributed by atoms with E-state index in [-0.39, 0.29) is 52.0 Å². The lowest BCUT2D eigenvalue weighted by Crippen LogP contribution is -2.40. The van der Waals surface area contributed by atoms with Crippen molar-refractivity contribution in [2.24, 2.45) is 0 Å². The molecule has 1 saturated carbocycles. The van der Waals surface area contributed by atoms with Gasteiger partial charge < -0.3 is 10.4 Å². The molecule has 2 atom stereocenters. The average Bonchev–Trinajstić information content (AvgIpc) is 3.25. The summed E-state index contributed by atoms with van der Waals surface area (Å²) >= 11 is 0. The van der Waals surface area contributed by atoms with Gasteiger partial charge in [-0.2, -0.15) is 5.26 Å². The zero-order chi connectivity index (χ0) is 27.1. The second-order valence-corrected chi connectivity index (χ2v) is 11.4. The molecule has 196 valence electrons. The van der Waals surface area contributed by atoms with Crippen molar-refractivity contribution in [2.45, 2.75) is 55.6 Å². The summed E-state index contributed by atoms with van der Waals surface area (Å²) in [6, 6.07) is 9.03. The first-order valence-corrected chi connectivity index (χ1v) is 13.4. The zero-order valence-electron chi connectivity index (χ0n) is 20.4. The second-order valence-electron chi connectivity index (χ2n) is 9.57. The Balaban J connectivity index is 1.56. The Bertz CT molecular complexity index is 1670. The average molecular weight is 539 g/mol. The van der Waals surface area contributed by atoms with Gasteiger partial charge in [-0.25, -0.2) is 36.1 Å². The molecule has 0 amide bonds. The van der Waals surface area contributed by atoms with Gasteiger partial charge in [0.1, 0.15) is 5.82 Å². The van der Waals surface area contributed by atoms with Gasteiger partial charge in [-0.3, -0.25) is 0 Å². The number of nitriles is 1. The van der Waals surface area contributed by atoms with Crippen molar-refractivity contribution in [1.29, 1.82) is 5.26 Å². The van der Waals surface area contributed by atoms with E-state index in [0.717, 1.165) is 28.0 Å². The third-order valence-corrected chi connectivity index (χ3v) is 8.38. The maximum atomic E-state index is 14.7. The van der Waals surface area contributed by atoms with Crippen LogP contribution in [0.15, 0.2) is 53.8 Å². The molecule has 12 heteroatoms. The van der Waals surface area contributed by atoms with E-state index in [1.54, 1.807) is 12.1 Å². The number of aliphatic hydroxyl groups is 1. The van der Waals surface area contributed by atoms with Crippen molar-refractivity contribution in [3.8, 4) is 17.5 Å². The number of nitrogens with one attached hydrogen (secondary N) is 1. The van der Waals surface area contributed by atoms with E-state index in [1.807, 2.05) is 13.0 Å². The van der Waals surface area contributed by atoms with Gasteiger partial charge >= 0.3 is 0 Å². The van der Waals surface area contributed by atoms with Crippen LogP contribution in [0.4, 0.5) is 14.6 Å². The molecule has 3 aromatic heterocycles. The Kier molecular flexibility index (Phi) is 6.58. The van der Waals surface area contributed by atoms with E-state index in [9.17, 15) is 22.3 Å². The summed E-state index contributed by atoms with van der Waals surface area (Å²) in [6.07, 6.45) is 5.06. The molecule has 3 heterocycles. The first-order valence-electron chi connectivity index (χ1n) is 12.0. The molecule has 0 bridgehead atoms. The summed E-state index contributed by atoms with van der Waals surface area (Å²) < 4.78 is 56.8. The van der Waals surface area contributed by atoms with Crippen LogP contribution >= 0.6 is 0 Å². The van der Waals surface area contributed by atoms with Crippen LogP contribution < -0.4 is 5.32 Å². The third-order valence-electron chi connectivity index (χ3n) is 6.71. The molecule has 1 aliphatic rings. The monoisotopic (exact) mass is 538 g/mol. The molecule has 9 nitrogen and oxygen atoms in total. The Morgan fingerprint density at radius 2 is 2.00 bits per heavy atom. The summed E-state index contributed by atoms with van der Waals surface area (Å²) in [5.74, 6) is -1.62. The Labute approximate surface area is 217 Å². The number of halogens is 2. The van der Waals surface area contributed by atoms with Crippen molar-refractivity contribution in [3.63, 3.8) is 0 Å². The summed E-state index contributed by atoms with van der Waals surface area (Å²) in [4.78, 5) is 12.4. The van der Waals surface area contributed by atoms with Crippen LogP contribution in [0.25, 0.3) is 22.4 Å². The fourth-order valence-corrected chi connectivity index (χ4v) is 6.13. The Morgan fingerprint density at radius 3 is 2.74 bits per heavy atom. The molecule has 2 unspecified atom stereocenters. The summed E-state index contributed by atoms with van der Waals surface area (Å²) in [5.41, 5.74) is -0.169. The van der Waals surface area contributed by atoms with Crippen molar-refractivity contribution < 1.29 is 22.3 Å². The number of hydrogen-bond donors (Lipinski definition) is 2. The van der Waals surface area contributed by atoms with Crippen LogP contribution in [0.5, 0.6) is 0 Å². The van der Waals surface area contributed by atoms with Gasteiger partial charge in [-0.1, -0.05) is 17.7 Å². The van der Waals surface area contributed by atoms with Crippen molar-refractivity contribution in [1.82, 2.24) is 18.9 Å². The van der Waals surface area contributed by atoms with Crippen LogP contribution in [-0.4, -0.2) is 44.1 Å². The highest BCUT2D eigenvalue weighted by Crippen LogP contribution is 2.34. The molecular formula is C26H24F2N6O3S. The number of rotatable bonds is 6. The highest BCUT2D eigenvalue weighted by atomic mass is 32.2. The maximum absolute atomic E-state index is 14.7. The number of benzene rings is 1. The van der Waals surface area contributed by atoms with E-state index in [1.165, 1.54) is 18.3 Å². The lowest BCUT2D eigenvalue weighted by atomic mass is 9.80. The van der Waals surface area contributed by atoms with Crippen LogP contribution in [0.1, 0.15) is 37.7 Å². The number of aryl methyl sites for hydroxylation is 1. The quantitative estimate of drug-likeness (QED) is 0.371. The minimum atomic E-state index is -4.11. The minimum absolute atomic E-state index is 0.0159. The smallest absolute Gasteiger partial charge is 0.269 e. The highest BCUT2D eigenvalue weighted by Gasteiger charge is 2.35. The predicted molar refractivity (Wildman–Crippen MR) is 135 cm³/mol. The van der Waals surface area contributed by atoms with E-state index in [0.29, 0.717) is 19.3 Å². The van der Waals surface area contributed by atoms with Crippen LogP contribution in [0.2, 0.25) is 0 Å². The number of fused-ring (bicyclic) bond motifs is 1. The van der Waals surface area contributed by atoms with Crippen molar-refractivity contribution in [3.05, 3.63) is 66.1 Å². The molecule has 0 aliphatic heterocycles. The molecule has 4 aromatic rings. The fraction of sp³-hybridized carbons (Fsp3) is 0.308. The zero-order valence-corrected chi connectivity index (χ0v) is 21.2. The van der Waals surface area contributed by atoms with Crippen molar-refractivity contribution in [2.75, 3.05) is 5.32 Å². The Hall–Kier alpha value is -3.95. The number of hydrogen-bond acceptors (Lipinski definition) is 8. The molecule has 0 spiro atoms. The fourth-order valence-electron chi connectivity index (χ4n) is 4.80. The largest absolute Gasteiger partial charge is 0.389 e. The van der Waals surface area contributed by atoms with Crippen molar-refractivity contribution >= 4 is 26.9 Å². The van der Waals surface area contributed by atoms with Crippen LogP contribution in [0, 0.1) is 29.9 Å². The maximum Gasteiger partial charge on any atom is 0.269 e. The van der Waals surface area contributed by atoms with Crippen LogP contribution in [0.3, 0.4) is 0 Å². The molecule has 38 heavy (non-hydrogen) atoms. The number of nitrogens with zero attached hydrogens (tertiary/aromatic N) is 5. The lowest BCUT2D eigenvalue weighted by molar-refractivity contribution is 0.00444. The normalized spacial score (nSPS) is 19.8. The van der Waals surface area contributed by atoms with E-state index in [2.05, 4.69) is 20.3 Å². The van der Waals surface area contributed by atoms with Gasteiger partial charge in [0.2, 0.25) is 0 Å². The predicted octanol–water partition coefficient (Wildman–Crippen LogP) is 4.32. The first-order chi connectivity index (χ1) is 18.1. The highest BCUT2D eigenvalue weighted by molar-refractivity contribution is 7.90. The summed E-state index contributed by atoms with van der Waals surface area (Å²) in [7, 11) is -4.11. The van der Waals surface area contributed by atoms with Gasteiger partial charge in [-0.05, 0) is 50.8 Å². The number of pyridine rings is 1. The third kappa shape index (κ3) is 4.82. The van der Waals surface area contributed by atoms with E-state index >= 15 is 0 Å². The van der Waals surface area contributed by atoms with Gasteiger partial charge in [-0.15, -0.1) is 0 Å². The minimum Gasteiger partial charge on any atom is -0.389 e. The lowest BCUT2D eigenvalue weighted by Gasteiger charge is -2.35. The molecule has 1 fully saturated rings.